The Hall–Kier alpha value is -1.97. The molecule has 4 rings (SSSR count). The van der Waals surface area contributed by atoms with Crippen LogP contribution >= 0.6 is 0 Å². The van der Waals surface area contributed by atoms with Crippen LogP contribution in [0.2, 0.25) is 0 Å². The number of fused-ring (bicyclic) bond motifs is 2. The van der Waals surface area contributed by atoms with Crippen LogP contribution in [0.15, 0.2) is 30.5 Å². The van der Waals surface area contributed by atoms with Gasteiger partial charge in [0.1, 0.15) is 5.82 Å². The molecule has 1 heterocycles. The highest BCUT2D eigenvalue weighted by atomic mass is 19.1. The van der Waals surface area contributed by atoms with Gasteiger partial charge in [-0.25, -0.2) is 4.39 Å². The van der Waals surface area contributed by atoms with Gasteiger partial charge >= 0.3 is 0 Å². The van der Waals surface area contributed by atoms with Crippen LogP contribution in [0.5, 0.6) is 0 Å². The Morgan fingerprint density at radius 3 is 2.41 bits per heavy atom. The maximum absolute atomic E-state index is 13.9. The molecular weight excluding hydrogens is 363 g/mol. The zero-order valence-corrected chi connectivity index (χ0v) is 18.3. The summed E-state index contributed by atoms with van der Waals surface area (Å²) in [4.78, 5) is 16.9. The third-order valence-electron chi connectivity index (χ3n) is 7.49. The van der Waals surface area contributed by atoms with Crippen molar-refractivity contribution in [1.82, 2.24) is 10.3 Å². The standard InChI is InChI=1S/C25H33FN2O/c1-23(2,3)28-22(29)10-16-12-24(4)14-17(15-25(24,5)13-16)19-8-9-27-21-7-6-18(26)11-20(19)21/h6-9,11,16-17H,10,12-15H2,1-5H3,(H,28,29)/t16?,17?,24-,25+. The zero-order valence-electron chi connectivity index (χ0n) is 18.3. The van der Waals surface area contributed by atoms with Crippen molar-refractivity contribution in [3.63, 3.8) is 0 Å². The Morgan fingerprint density at radius 2 is 1.79 bits per heavy atom. The number of carbonyl (C=O) groups is 1. The number of carbonyl (C=O) groups excluding carboxylic acids is 1. The topological polar surface area (TPSA) is 42.0 Å². The molecule has 29 heavy (non-hydrogen) atoms. The maximum atomic E-state index is 13.9. The van der Waals surface area contributed by atoms with Crippen LogP contribution in [0, 0.1) is 22.6 Å². The second kappa shape index (κ2) is 6.78. The summed E-state index contributed by atoms with van der Waals surface area (Å²) < 4.78 is 13.9. The molecule has 4 heteroatoms. The molecule has 0 saturated heterocycles. The van der Waals surface area contributed by atoms with Crippen LogP contribution in [-0.2, 0) is 4.79 Å². The second-order valence-electron chi connectivity index (χ2n) is 11.1. The van der Waals surface area contributed by atoms with Gasteiger partial charge in [0.05, 0.1) is 5.52 Å². The lowest BCUT2D eigenvalue weighted by Crippen LogP contribution is -2.41. The minimum atomic E-state index is -0.202. The Morgan fingerprint density at radius 1 is 1.14 bits per heavy atom. The van der Waals surface area contributed by atoms with Gasteiger partial charge in [-0.15, -0.1) is 0 Å². The lowest BCUT2D eigenvalue weighted by atomic mass is 9.71. The predicted octanol–water partition coefficient (Wildman–Crippen LogP) is 5.98. The van der Waals surface area contributed by atoms with Gasteiger partial charge in [-0.2, -0.15) is 0 Å². The van der Waals surface area contributed by atoms with Crippen molar-refractivity contribution in [2.45, 2.75) is 78.2 Å². The van der Waals surface area contributed by atoms with E-state index >= 15 is 0 Å². The van der Waals surface area contributed by atoms with E-state index in [0.717, 1.165) is 36.6 Å². The van der Waals surface area contributed by atoms with Crippen LogP contribution < -0.4 is 5.32 Å². The van der Waals surface area contributed by atoms with E-state index in [1.165, 1.54) is 11.6 Å². The van der Waals surface area contributed by atoms with E-state index in [9.17, 15) is 9.18 Å². The molecule has 0 spiro atoms. The van der Waals surface area contributed by atoms with Gasteiger partial charge in [0.25, 0.3) is 0 Å². The monoisotopic (exact) mass is 396 g/mol. The van der Waals surface area contributed by atoms with Crippen LogP contribution in [0.25, 0.3) is 10.9 Å². The van der Waals surface area contributed by atoms with Gasteiger partial charge < -0.3 is 5.32 Å². The van der Waals surface area contributed by atoms with E-state index in [1.807, 2.05) is 27.0 Å². The highest BCUT2D eigenvalue weighted by Gasteiger charge is 2.58. The molecule has 2 aromatic rings. The van der Waals surface area contributed by atoms with Crippen LogP contribution in [-0.4, -0.2) is 16.4 Å². The summed E-state index contributed by atoms with van der Waals surface area (Å²) in [6.45, 7) is 10.9. The molecule has 2 unspecified atom stereocenters. The summed E-state index contributed by atoms with van der Waals surface area (Å²) >= 11 is 0. The van der Waals surface area contributed by atoms with Crippen molar-refractivity contribution in [1.29, 1.82) is 0 Å². The van der Waals surface area contributed by atoms with Gasteiger partial charge in [0.2, 0.25) is 5.91 Å². The normalized spacial score (nSPS) is 31.8. The first-order chi connectivity index (χ1) is 13.5. The molecule has 1 amide bonds. The molecular formula is C25H33FN2O. The SMILES string of the molecule is CC(C)(C)NC(=O)CC1C[C@@]2(C)CC(c3ccnc4ccc(F)cc34)C[C@@]2(C)C1. The number of amides is 1. The average Bonchev–Trinajstić information content (AvgIpc) is 2.95. The van der Waals surface area contributed by atoms with Crippen LogP contribution in [0.4, 0.5) is 4.39 Å². The molecule has 2 aliphatic rings. The fourth-order valence-corrected chi connectivity index (χ4v) is 6.25. The molecule has 156 valence electrons. The number of halogens is 1. The summed E-state index contributed by atoms with van der Waals surface area (Å²) in [6.07, 6.45) is 6.85. The molecule has 0 bridgehead atoms. The van der Waals surface area contributed by atoms with Crippen molar-refractivity contribution < 1.29 is 9.18 Å². The molecule has 1 N–H and O–H groups in total. The summed E-state index contributed by atoms with van der Waals surface area (Å²) in [6, 6.07) is 6.97. The zero-order chi connectivity index (χ0) is 21.0. The molecule has 1 aromatic heterocycles. The van der Waals surface area contributed by atoms with Crippen molar-refractivity contribution in [2.24, 2.45) is 16.7 Å². The smallest absolute Gasteiger partial charge is 0.220 e. The van der Waals surface area contributed by atoms with Gasteiger partial charge in [-0.05, 0) is 98.9 Å². The Kier molecular flexibility index (Phi) is 4.75. The molecule has 0 aliphatic heterocycles. The predicted molar refractivity (Wildman–Crippen MR) is 115 cm³/mol. The van der Waals surface area contributed by atoms with E-state index in [2.05, 4.69) is 30.2 Å². The minimum absolute atomic E-state index is 0.168. The number of pyridine rings is 1. The fraction of sp³-hybridized carbons (Fsp3) is 0.600. The first-order valence-corrected chi connectivity index (χ1v) is 10.8. The first kappa shape index (κ1) is 20.3. The molecule has 1 aromatic carbocycles. The maximum Gasteiger partial charge on any atom is 0.220 e. The van der Waals surface area contributed by atoms with Crippen LogP contribution in [0.3, 0.4) is 0 Å². The summed E-state index contributed by atoms with van der Waals surface area (Å²) in [5.74, 6) is 0.829. The van der Waals surface area contributed by atoms with Crippen molar-refractivity contribution in [3.05, 3.63) is 41.8 Å². The summed E-state index contributed by atoms with van der Waals surface area (Å²) in [5, 5.41) is 4.07. The van der Waals surface area contributed by atoms with E-state index in [0.29, 0.717) is 18.3 Å². The average molecular weight is 397 g/mol. The number of nitrogens with one attached hydrogen (secondary N) is 1. The number of hydrogen-bond donors (Lipinski definition) is 1. The molecule has 0 radical (unpaired) electrons. The van der Waals surface area contributed by atoms with Crippen molar-refractivity contribution in [3.8, 4) is 0 Å². The third-order valence-corrected chi connectivity index (χ3v) is 7.49. The fourth-order valence-electron chi connectivity index (χ4n) is 6.25. The first-order valence-electron chi connectivity index (χ1n) is 10.8. The number of aromatic nitrogens is 1. The van der Waals surface area contributed by atoms with Crippen molar-refractivity contribution >= 4 is 16.8 Å². The molecule has 2 aliphatic carbocycles. The Balaban J connectivity index is 1.53. The third kappa shape index (κ3) is 3.78. The van der Waals surface area contributed by atoms with E-state index in [-0.39, 0.29) is 28.1 Å². The number of hydrogen-bond acceptors (Lipinski definition) is 2. The lowest BCUT2D eigenvalue weighted by molar-refractivity contribution is -0.123. The molecule has 3 nitrogen and oxygen atoms in total. The largest absolute Gasteiger partial charge is 0.352 e. The molecule has 4 atom stereocenters. The lowest BCUT2D eigenvalue weighted by Gasteiger charge is -2.34. The van der Waals surface area contributed by atoms with Gasteiger partial charge in [-0.1, -0.05) is 13.8 Å². The second-order valence-corrected chi connectivity index (χ2v) is 11.1. The van der Waals surface area contributed by atoms with E-state index in [4.69, 9.17) is 0 Å². The summed E-state index contributed by atoms with van der Waals surface area (Å²) in [5.41, 5.74) is 2.35. The molecule has 2 saturated carbocycles. The number of benzene rings is 1. The Bertz CT molecular complexity index is 929. The number of nitrogens with zero attached hydrogens (tertiary/aromatic N) is 1. The van der Waals surface area contributed by atoms with Gasteiger partial charge in [0, 0.05) is 23.5 Å². The minimum Gasteiger partial charge on any atom is -0.352 e. The van der Waals surface area contributed by atoms with E-state index < -0.39 is 0 Å². The highest BCUT2D eigenvalue weighted by molar-refractivity contribution is 5.82. The number of rotatable bonds is 3. The van der Waals surface area contributed by atoms with Crippen molar-refractivity contribution in [2.75, 3.05) is 0 Å². The van der Waals surface area contributed by atoms with Gasteiger partial charge in [-0.3, -0.25) is 9.78 Å². The summed E-state index contributed by atoms with van der Waals surface area (Å²) in [7, 11) is 0. The van der Waals surface area contributed by atoms with E-state index in [1.54, 1.807) is 12.1 Å². The van der Waals surface area contributed by atoms with Crippen LogP contribution in [0.1, 0.15) is 78.2 Å². The molecule has 2 fully saturated rings. The Labute approximate surface area is 173 Å². The highest BCUT2D eigenvalue weighted by Crippen LogP contribution is 2.68. The quantitative estimate of drug-likeness (QED) is 0.693. The van der Waals surface area contributed by atoms with Gasteiger partial charge in [0.15, 0.2) is 0 Å².